The van der Waals surface area contributed by atoms with E-state index in [1.54, 1.807) is 24.3 Å². The van der Waals surface area contributed by atoms with Crippen LogP contribution < -0.4 is 19.6 Å². The van der Waals surface area contributed by atoms with Crippen LogP contribution >= 0.6 is 17.0 Å². The molecule has 2 N–H and O–H groups in total. The van der Waals surface area contributed by atoms with Crippen molar-refractivity contribution in [2.24, 2.45) is 0 Å². The predicted molar refractivity (Wildman–Crippen MR) is 149 cm³/mol. The fourth-order valence-corrected chi connectivity index (χ4v) is 2.47. The molecule has 11 heteroatoms. The van der Waals surface area contributed by atoms with Gasteiger partial charge in [0.05, 0.1) is 11.1 Å². The molecule has 2 aromatic heterocycles. The summed E-state index contributed by atoms with van der Waals surface area (Å²) < 4.78 is 11.3. The van der Waals surface area contributed by atoms with Crippen molar-refractivity contribution in [1.29, 1.82) is 0 Å². The molecule has 2 aromatic rings. The number of ether oxygens (including phenoxy) is 2. The molecule has 0 aliphatic heterocycles. The fourth-order valence-electron chi connectivity index (χ4n) is 2.47. The Kier molecular flexibility index (Phi) is 14.4. The molecule has 0 aliphatic rings. The first kappa shape index (κ1) is 35.9. The molecular formula is C26H44Cl2N4O4Zr. The molecule has 0 amide bonds. The van der Waals surface area contributed by atoms with Crippen LogP contribution in [0.15, 0.2) is 36.4 Å². The van der Waals surface area contributed by atoms with Crippen molar-refractivity contribution in [1.82, 2.24) is 9.97 Å². The summed E-state index contributed by atoms with van der Waals surface area (Å²) in [4.78, 5) is 8.56. The van der Waals surface area contributed by atoms with Gasteiger partial charge in [-0.2, -0.15) is 9.97 Å². The minimum absolute atomic E-state index is 0.298. The van der Waals surface area contributed by atoms with Crippen LogP contribution in [0.5, 0.6) is 11.8 Å². The van der Waals surface area contributed by atoms with Crippen molar-refractivity contribution in [3.05, 3.63) is 36.4 Å². The Labute approximate surface area is 241 Å². The standard InChI is InChI=1S/2C13H22N2O2.2ClH.Zr/c2*1-12(2,3)15(16)10-8-7-9-11(14-10)17-13(4,5)6;;;/h2*7-9,16H,1-6H3;2*1H;/q;;;;+2/p-2. The Morgan fingerprint density at radius 2 is 0.892 bits per heavy atom. The van der Waals surface area contributed by atoms with E-state index in [4.69, 9.17) is 26.5 Å². The van der Waals surface area contributed by atoms with Crippen molar-refractivity contribution in [2.45, 2.75) is 105 Å². The Hall–Kier alpha value is -1.12. The molecule has 2 heterocycles. The van der Waals surface area contributed by atoms with E-state index in [2.05, 4.69) is 9.97 Å². The van der Waals surface area contributed by atoms with Crippen LogP contribution in [0.4, 0.5) is 11.6 Å². The van der Waals surface area contributed by atoms with Crippen LogP contribution in [-0.4, -0.2) is 42.7 Å². The van der Waals surface area contributed by atoms with Crippen molar-refractivity contribution in [2.75, 3.05) is 10.1 Å². The number of rotatable bonds is 4. The number of halogens is 2. The van der Waals surface area contributed by atoms with E-state index < -0.39 is 31.9 Å². The minimum atomic E-state index is -0.826. The Bertz CT molecular complexity index is 864. The number of aromatic nitrogens is 2. The number of hydrogen-bond donors (Lipinski definition) is 2. The third-order valence-electron chi connectivity index (χ3n) is 3.94. The van der Waals surface area contributed by atoms with Gasteiger partial charge in [0.15, 0.2) is 11.6 Å². The van der Waals surface area contributed by atoms with E-state index in [1.165, 1.54) is 0 Å². The van der Waals surface area contributed by atoms with E-state index in [1.807, 2.05) is 95.2 Å². The summed E-state index contributed by atoms with van der Waals surface area (Å²) in [6.07, 6.45) is 0. The number of pyridine rings is 2. The predicted octanol–water partition coefficient (Wildman–Crippen LogP) is 7.88. The maximum atomic E-state index is 10.00. The van der Waals surface area contributed by atoms with Gasteiger partial charge in [0.25, 0.3) is 0 Å². The van der Waals surface area contributed by atoms with Gasteiger partial charge in [0, 0.05) is 12.1 Å². The molecule has 0 fully saturated rings. The second kappa shape index (κ2) is 14.9. The Morgan fingerprint density at radius 1 is 0.622 bits per heavy atom. The van der Waals surface area contributed by atoms with E-state index in [-0.39, 0.29) is 11.2 Å². The first-order chi connectivity index (χ1) is 16.6. The molecule has 210 valence electrons. The van der Waals surface area contributed by atoms with E-state index in [0.29, 0.717) is 23.4 Å². The summed E-state index contributed by atoms with van der Waals surface area (Å²) >= 11 is -0.826. The quantitative estimate of drug-likeness (QED) is 0.327. The van der Waals surface area contributed by atoms with Gasteiger partial charge in [0.2, 0.25) is 11.8 Å². The molecular weight excluding hydrogens is 594 g/mol. The number of hydroxylamine groups is 2. The van der Waals surface area contributed by atoms with E-state index in [9.17, 15) is 10.4 Å². The Balaban J connectivity index is 0.000000633. The molecule has 2 rings (SSSR count). The van der Waals surface area contributed by atoms with Crippen LogP contribution in [0.1, 0.15) is 83.1 Å². The molecule has 37 heavy (non-hydrogen) atoms. The molecule has 0 aromatic carbocycles. The molecule has 0 saturated heterocycles. The third-order valence-corrected chi connectivity index (χ3v) is 3.94. The van der Waals surface area contributed by atoms with Crippen molar-refractivity contribution in [3.63, 3.8) is 0 Å². The van der Waals surface area contributed by atoms with Crippen molar-refractivity contribution < 1.29 is 40.7 Å². The van der Waals surface area contributed by atoms with Gasteiger partial charge in [-0.05, 0) is 95.2 Å². The van der Waals surface area contributed by atoms with Gasteiger partial charge in [-0.3, -0.25) is 10.4 Å². The van der Waals surface area contributed by atoms with Crippen LogP contribution in [0.2, 0.25) is 0 Å². The zero-order valence-corrected chi connectivity index (χ0v) is 28.2. The van der Waals surface area contributed by atoms with Gasteiger partial charge in [-0.15, -0.1) is 0 Å². The SMILES string of the molecule is CC(C)(C)Oc1cccc(N(O)C(C)(C)C)n1.CC(C)(C)Oc1cccc(N(O)C(C)(C)C)n1.[Cl][Zr][Cl]. The second-order valence-corrected chi connectivity index (χ2v) is 15.9. The van der Waals surface area contributed by atoms with Gasteiger partial charge in [-0.25, -0.2) is 10.1 Å². The summed E-state index contributed by atoms with van der Waals surface area (Å²) in [5.41, 5.74) is -1.39. The average Bonchev–Trinajstić information content (AvgIpc) is 2.70. The molecule has 0 saturated carbocycles. The van der Waals surface area contributed by atoms with Gasteiger partial charge < -0.3 is 9.47 Å². The third kappa shape index (κ3) is 15.8. The average molecular weight is 639 g/mol. The molecule has 0 radical (unpaired) electrons. The molecule has 0 atom stereocenters. The van der Waals surface area contributed by atoms with Crippen LogP contribution in [0.25, 0.3) is 0 Å². The summed E-state index contributed by atoms with van der Waals surface area (Å²) in [5, 5.41) is 22.3. The number of hydrogen-bond acceptors (Lipinski definition) is 8. The number of nitrogens with zero attached hydrogens (tertiary/aromatic N) is 4. The molecule has 0 aliphatic carbocycles. The summed E-state index contributed by atoms with van der Waals surface area (Å²) in [7, 11) is 9.87. The van der Waals surface area contributed by atoms with Gasteiger partial charge in [-0.1, -0.05) is 12.1 Å². The normalized spacial score (nSPS) is 11.8. The monoisotopic (exact) mass is 636 g/mol. The molecule has 0 unspecified atom stereocenters. The van der Waals surface area contributed by atoms with Gasteiger partial charge in [0.1, 0.15) is 11.2 Å². The molecule has 8 nitrogen and oxygen atoms in total. The van der Waals surface area contributed by atoms with Crippen molar-refractivity contribution >= 4 is 28.7 Å². The first-order valence-corrected chi connectivity index (χ1v) is 18.2. The maximum absolute atomic E-state index is 10.00. The summed E-state index contributed by atoms with van der Waals surface area (Å²) in [6.45, 7) is 23.2. The topological polar surface area (TPSA) is 91.2 Å². The van der Waals surface area contributed by atoms with E-state index >= 15 is 0 Å². The molecule has 0 bridgehead atoms. The zero-order valence-electron chi connectivity index (χ0n) is 24.2. The zero-order chi connectivity index (χ0) is 29.2. The summed E-state index contributed by atoms with van der Waals surface area (Å²) in [5.74, 6) is 2.00. The first-order valence-electron chi connectivity index (χ1n) is 11.9. The summed E-state index contributed by atoms with van der Waals surface area (Å²) in [6, 6.07) is 10.7. The van der Waals surface area contributed by atoms with E-state index in [0.717, 1.165) is 10.1 Å². The Morgan fingerprint density at radius 3 is 1.11 bits per heavy atom. The van der Waals surface area contributed by atoms with Crippen LogP contribution in [0, 0.1) is 0 Å². The van der Waals surface area contributed by atoms with Crippen LogP contribution in [-0.2, 0) is 20.8 Å². The van der Waals surface area contributed by atoms with Crippen LogP contribution in [0.3, 0.4) is 0 Å². The fraction of sp³-hybridized carbons (Fsp3) is 0.615. The van der Waals surface area contributed by atoms with Crippen molar-refractivity contribution in [3.8, 4) is 11.8 Å². The molecule has 0 spiro atoms. The second-order valence-electron chi connectivity index (χ2n) is 12.1. The van der Waals surface area contributed by atoms with Gasteiger partial charge >= 0.3 is 37.9 Å². The number of anilines is 2.